The van der Waals surface area contributed by atoms with Gasteiger partial charge < -0.3 is 24.6 Å². The van der Waals surface area contributed by atoms with Crippen molar-refractivity contribution < 1.29 is 34.2 Å². The molecule has 2 aromatic carbocycles. The highest BCUT2D eigenvalue weighted by Gasteiger charge is 2.11. The van der Waals surface area contributed by atoms with Crippen LogP contribution in [-0.4, -0.2) is 35.4 Å². The van der Waals surface area contributed by atoms with Crippen molar-refractivity contribution in [1.82, 2.24) is 0 Å². The lowest BCUT2D eigenvalue weighted by atomic mass is 10.0. The predicted octanol–water partition coefficient (Wildman–Crippen LogP) is 1.66. The molecule has 1 atom stereocenters. The van der Waals surface area contributed by atoms with E-state index >= 15 is 0 Å². The van der Waals surface area contributed by atoms with Gasteiger partial charge in [0, 0.05) is 5.66 Å². The van der Waals surface area contributed by atoms with Gasteiger partial charge in [-0.2, -0.15) is 0 Å². The van der Waals surface area contributed by atoms with Gasteiger partial charge in [0.1, 0.15) is 11.5 Å². The number of carbonyl (C=O) groups is 2. The first-order valence-corrected chi connectivity index (χ1v) is 8.25. The van der Waals surface area contributed by atoms with Gasteiger partial charge in [-0.15, -0.1) is 0 Å². The summed E-state index contributed by atoms with van der Waals surface area (Å²) in [5.41, 5.74) is 1.22. The summed E-state index contributed by atoms with van der Waals surface area (Å²) in [4.78, 5) is 32.6. The fourth-order valence-electron chi connectivity index (χ4n) is 2.13. The third-order valence-corrected chi connectivity index (χ3v) is 4.17. The van der Waals surface area contributed by atoms with Gasteiger partial charge >= 0.3 is 11.9 Å². The van der Waals surface area contributed by atoms with Crippen molar-refractivity contribution in [3.8, 4) is 11.5 Å². The first-order chi connectivity index (χ1) is 12.0. The van der Waals surface area contributed by atoms with Crippen LogP contribution in [0.1, 0.15) is 16.8 Å². The number of hydrogen-bond donors (Lipinski definition) is 2. The Kier molecular flexibility index (Phi) is 6.74. The lowest BCUT2D eigenvalue weighted by Crippen LogP contribution is -2.09. The standard InChI is InChI=1S/C17H16O7P/c18-15(19)9-23-13-5-1-11(2-6-13)17(25-22)12-3-7-14(8-4-12)24-10-16(20)21/h1-8,17,25H,9-10H2,(H,18,19)(H,20,21)/q-1. The quantitative estimate of drug-likeness (QED) is 0.651. The Morgan fingerprint density at radius 2 is 1.20 bits per heavy atom. The van der Waals surface area contributed by atoms with Crippen LogP contribution in [0.15, 0.2) is 48.5 Å². The van der Waals surface area contributed by atoms with Crippen LogP contribution < -0.4 is 14.4 Å². The second-order valence-electron chi connectivity index (χ2n) is 5.05. The van der Waals surface area contributed by atoms with E-state index in [0.29, 0.717) is 11.5 Å². The van der Waals surface area contributed by atoms with E-state index in [2.05, 4.69) is 0 Å². The van der Waals surface area contributed by atoms with E-state index in [4.69, 9.17) is 19.7 Å². The van der Waals surface area contributed by atoms with Gasteiger partial charge in [-0.1, -0.05) is 24.3 Å². The zero-order valence-corrected chi connectivity index (χ0v) is 14.0. The fraction of sp³-hybridized carbons (Fsp3) is 0.176. The minimum Gasteiger partial charge on any atom is -0.831 e. The third kappa shape index (κ3) is 5.74. The maximum atomic E-state index is 11.6. The zero-order valence-electron chi connectivity index (χ0n) is 13.0. The molecule has 0 heterocycles. The summed E-state index contributed by atoms with van der Waals surface area (Å²) >= 11 is 0. The number of benzene rings is 2. The SMILES string of the molecule is O=C(O)COc1ccc(C(P[O-])c2ccc(OCC(=O)O)cc2)cc1. The van der Waals surface area contributed by atoms with Gasteiger partial charge in [0.2, 0.25) is 0 Å². The lowest BCUT2D eigenvalue weighted by Gasteiger charge is -2.22. The Morgan fingerprint density at radius 1 is 0.840 bits per heavy atom. The lowest BCUT2D eigenvalue weighted by molar-refractivity contribution is -0.152. The highest BCUT2D eigenvalue weighted by atomic mass is 31.1. The van der Waals surface area contributed by atoms with Crippen LogP contribution in [0.5, 0.6) is 11.5 Å². The van der Waals surface area contributed by atoms with Crippen LogP contribution in [0.25, 0.3) is 0 Å². The van der Waals surface area contributed by atoms with E-state index in [1.165, 1.54) is 0 Å². The van der Waals surface area contributed by atoms with Crippen molar-refractivity contribution in [2.45, 2.75) is 5.66 Å². The summed E-state index contributed by atoms with van der Waals surface area (Å²) in [5, 5.41) is 17.2. The molecule has 0 aromatic heterocycles. The molecule has 2 rings (SSSR count). The highest BCUT2D eigenvalue weighted by molar-refractivity contribution is 7.30. The van der Waals surface area contributed by atoms with Crippen LogP contribution in [0.4, 0.5) is 0 Å². The molecule has 0 spiro atoms. The van der Waals surface area contributed by atoms with Crippen molar-refractivity contribution in [2.24, 2.45) is 0 Å². The molecule has 0 aliphatic rings. The van der Waals surface area contributed by atoms with Gasteiger partial charge in [-0.25, -0.2) is 18.4 Å². The topological polar surface area (TPSA) is 116 Å². The smallest absolute Gasteiger partial charge is 0.341 e. The van der Waals surface area contributed by atoms with Crippen molar-refractivity contribution in [3.05, 3.63) is 59.7 Å². The molecular weight excluding hydrogens is 347 g/mol. The number of carboxylic acids is 2. The molecule has 8 heteroatoms. The van der Waals surface area contributed by atoms with Gasteiger partial charge in [0.05, 0.1) is 0 Å². The van der Waals surface area contributed by atoms with Crippen molar-refractivity contribution >= 4 is 20.7 Å². The monoisotopic (exact) mass is 363 g/mol. The highest BCUT2D eigenvalue weighted by Crippen LogP contribution is 2.37. The second-order valence-corrected chi connectivity index (χ2v) is 5.87. The van der Waals surface area contributed by atoms with Gasteiger partial charge in [-0.3, -0.25) is 0 Å². The Morgan fingerprint density at radius 3 is 1.48 bits per heavy atom. The Hall–Kier alpha value is -2.63. The van der Waals surface area contributed by atoms with Gasteiger partial charge in [0.25, 0.3) is 0 Å². The summed E-state index contributed by atoms with van der Waals surface area (Å²) in [6.07, 6.45) is 0. The van der Waals surface area contributed by atoms with Crippen molar-refractivity contribution in [2.75, 3.05) is 13.2 Å². The van der Waals surface area contributed by atoms with Gasteiger partial charge in [-0.05, 0) is 35.4 Å². The number of rotatable bonds is 9. The number of ether oxygens (including phenoxy) is 2. The number of hydrogen-bond acceptors (Lipinski definition) is 5. The largest absolute Gasteiger partial charge is 0.831 e. The van der Waals surface area contributed by atoms with E-state index in [1.54, 1.807) is 48.5 Å². The summed E-state index contributed by atoms with van der Waals surface area (Å²) in [7, 11) is -0.629. The molecular formula is C17H16O7P-. The minimum atomic E-state index is -1.06. The molecule has 0 aliphatic carbocycles. The third-order valence-electron chi connectivity index (χ3n) is 3.27. The summed E-state index contributed by atoms with van der Waals surface area (Å²) in [6, 6.07) is 13.4. The van der Waals surface area contributed by atoms with E-state index in [0.717, 1.165) is 11.1 Å². The summed E-state index contributed by atoms with van der Waals surface area (Å²) in [5.74, 6) is -1.30. The maximum absolute atomic E-state index is 11.6. The van der Waals surface area contributed by atoms with E-state index in [9.17, 15) is 14.5 Å². The van der Waals surface area contributed by atoms with E-state index < -0.39 is 34.0 Å². The van der Waals surface area contributed by atoms with Crippen molar-refractivity contribution in [1.29, 1.82) is 0 Å². The summed E-state index contributed by atoms with van der Waals surface area (Å²) in [6.45, 7) is -0.853. The molecule has 1 unspecified atom stereocenters. The molecule has 0 aliphatic heterocycles. The van der Waals surface area contributed by atoms with E-state index in [1.807, 2.05) is 0 Å². The molecule has 0 bridgehead atoms. The Labute approximate surface area is 145 Å². The minimum absolute atomic E-state index is 0.359. The molecule has 0 amide bonds. The first-order valence-electron chi connectivity index (χ1n) is 7.26. The number of aliphatic carboxylic acids is 2. The molecule has 0 radical (unpaired) electrons. The van der Waals surface area contributed by atoms with Crippen LogP contribution in [0, 0.1) is 0 Å². The average molecular weight is 363 g/mol. The average Bonchev–Trinajstić information content (AvgIpc) is 2.61. The second kappa shape index (κ2) is 9.01. The molecule has 0 fully saturated rings. The molecule has 7 nitrogen and oxygen atoms in total. The van der Waals surface area contributed by atoms with E-state index in [-0.39, 0.29) is 5.66 Å². The molecule has 2 N–H and O–H groups in total. The zero-order chi connectivity index (χ0) is 18.2. The normalized spacial score (nSPS) is 11.0. The summed E-state index contributed by atoms with van der Waals surface area (Å²) < 4.78 is 10.1. The number of carboxylic acid groups (broad SMARTS) is 2. The Bertz CT molecular complexity index is 651. The van der Waals surface area contributed by atoms with Crippen LogP contribution in [-0.2, 0) is 9.59 Å². The van der Waals surface area contributed by atoms with Crippen LogP contribution in [0.3, 0.4) is 0 Å². The molecule has 25 heavy (non-hydrogen) atoms. The van der Waals surface area contributed by atoms with Crippen LogP contribution >= 0.6 is 8.81 Å². The fourth-order valence-corrected chi connectivity index (χ4v) is 2.79. The molecule has 132 valence electrons. The maximum Gasteiger partial charge on any atom is 0.341 e. The molecule has 2 aromatic rings. The molecule has 0 saturated heterocycles. The van der Waals surface area contributed by atoms with Crippen molar-refractivity contribution in [3.63, 3.8) is 0 Å². The first kappa shape index (κ1) is 18.7. The Balaban J connectivity index is 2.08. The van der Waals surface area contributed by atoms with Gasteiger partial charge in [0.15, 0.2) is 13.2 Å². The van der Waals surface area contributed by atoms with Crippen LogP contribution in [0.2, 0.25) is 0 Å². The molecule has 0 saturated carbocycles. The predicted molar refractivity (Wildman–Crippen MR) is 89.3 cm³/mol.